The van der Waals surface area contributed by atoms with Crippen molar-refractivity contribution in [2.24, 2.45) is 5.92 Å². The minimum atomic E-state index is -3.32. The van der Waals surface area contributed by atoms with Crippen LogP contribution in [0.25, 0.3) is 0 Å². The molecule has 0 radical (unpaired) electrons. The first kappa shape index (κ1) is 20.3. The van der Waals surface area contributed by atoms with Crippen LogP contribution < -0.4 is 16.0 Å². The van der Waals surface area contributed by atoms with Gasteiger partial charge in [0, 0.05) is 32.1 Å². The SMILES string of the molecule is CC(C)(C)OC(=O)NCC1CCN(c2ncc(S(C)(=O)=O)cc2N)CC1. The van der Waals surface area contributed by atoms with Crippen LogP contribution in [-0.4, -0.2) is 51.0 Å². The molecule has 1 aliphatic heterocycles. The number of sulfone groups is 1. The van der Waals surface area contributed by atoms with E-state index in [1.54, 1.807) is 0 Å². The Labute approximate surface area is 155 Å². The van der Waals surface area contributed by atoms with Gasteiger partial charge < -0.3 is 20.7 Å². The lowest BCUT2D eigenvalue weighted by Crippen LogP contribution is -2.40. The number of aromatic nitrogens is 1. The molecule has 0 aliphatic carbocycles. The van der Waals surface area contributed by atoms with Crippen LogP contribution in [0.2, 0.25) is 0 Å². The second-order valence-corrected chi connectivity index (χ2v) is 9.68. The molecule has 9 heteroatoms. The lowest BCUT2D eigenvalue weighted by atomic mass is 9.97. The van der Waals surface area contributed by atoms with Gasteiger partial charge in [0.25, 0.3) is 0 Å². The fourth-order valence-electron chi connectivity index (χ4n) is 2.81. The maximum absolute atomic E-state index is 11.7. The molecule has 2 heterocycles. The Morgan fingerprint density at radius 2 is 2.00 bits per heavy atom. The minimum absolute atomic E-state index is 0.121. The number of carbonyl (C=O) groups excluding carboxylic acids is 1. The Hall–Kier alpha value is -2.03. The van der Waals surface area contributed by atoms with Crippen molar-refractivity contribution in [3.8, 4) is 0 Å². The highest BCUT2D eigenvalue weighted by molar-refractivity contribution is 7.90. The van der Waals surface area contributed by atoms with E-state index < -0.39 is 21.5 Å². The molecule has 1 aromatic rings. The summed E-state index contributed by atoms with van der Waals surface area (Å²) in [6, 6.07) is 1.45. The van der Waals surface area contributed by atoms with Crippen LogP contribution in [0.15, 0.2) is 17.2 Å². The summed E-state index contributed by atoms with van der Waals surface area (Å²) in [5, 5.41) is 2.81. The molecule has 3 N–H and O–H groups in total. The summed E-state index contributed by atoms with van der Waals surface area (Å²) in [6.45, 7) is 7.55. The van der Waals surface area contributed by atoms with Crippen LogP contribution in [0.3, 0.4) is 0 Å². The maximum atomic E-state index is 11.7. The molecule has 0 saturated carbocycles. The zero-order valence-corrected chi connectivity index (χ0v) is 16.6. The molecule has 0 spiro atoms. The molecule has 0 bridgehead atoms. The molecule has 2 rings (SSSR count). The molecular weight excluding hydrogens is 356 g/mol. The Morgan fingerprint density at radius 3 is 2.50 bits per heavy atom. The number of piperidine rings is 1. The molecule has 8 nitrogen and oxygen atoms in total. The minimum Gasteiger partial charge on any atom is -0.444 e. The average Bonchev–Trinajstić information content (AvgIpc) is 2.51. The lowest BCUT2D eigenvalue weighted by molar-refractivity contribution is 0.0517. The summed E-state index contributed by atoms with van der Waals surface area (Å²) in [7, 11) is -3.32. The summed E-state index contributed by atoms with van der Waals surface area (Å²) >= 11 is 0. The van der Waals surface area contributed by atoms with Crippen LogP contribution in [0.1, 0.15) is 33.6 Å². The monoisotopic (exact) mass is 384 g/mol. The standard InChI is InChI=1S/C17H28N4O4S/c1-17(2,3)25-16(22)20-10-12-5-7-21(8-6-12)15-14(18)9-13(11-19-15)26(4,23)24/h9,11-12H,5-8,10,18H2,1-4H3,(H,20,22). The van der Waals surface area contributed by atoms with E-state index >= 15 is 0 Å². The number of anilines is 2. The first-order valence-electron chi connectivity index (χ1n) is 8.63. The average molecular weight is 385 g/mol. The number of nitrogens with zero attached hydrogens (tertiary/aromatic N) is 2. The van der Waals surface area contributed by atoms with Crippen LogP contribution in [0.5, 0.6) is 0 Å². The van der Waals surface area contributed by atoms with Crippen molar-refractivity contribution < 1.29 is 17.9 Å². The first-order valence-corrected chi connectivity index (χ1v) is 10.5. The van der Waals surface area contributed by atoms with Gasteiger partial charge in [-0.05, 0) is 45.6 Å². The number of alkyl carbamates (subject to hydrolysis) is 1. The summed E-state index contributed by atoms with van der Waals surface area (Å²) in [5.74, 6) is 0.964. The van der Waals surface area contributed by atoms with E-state index in [-0.39, 0.29) is 4.90 Å². The summed E-state index contributed by atoms with van der Waals surface area (Å²) < 4.78 is 28.4. The zero-order valence-electron chi connectivity index (χ0n) is 15.8. The number of nitrogens with two attached hydrogens (primary N) is 1. The Balaban J connectivity index is 1.88. The number of ether oxygens (including phenoxy) is 1. The second kappa shape index (κ2) is 7.69. The van der Waals surface area contributed by atoms with Crippen LogP contribution >= 0.6 is 0 Å². The van der Waals surface area contributed by atoms with Crippen molar-refractivity contribution >= 4 is 27.4 Å². The predicted octanol–water partition coefficient (Wildman–Crippen LogP) is 1.81. The number of hydrogen-bond donors (Lipinski definition) is 2. The van der Waals surface area contributed by atoms with Gasteiger partial charge in [-0.1, -0.05) is 0 Å². The zero-order chi connectivity index (χ0) is 19.5. The van der Waals surface area contributed by atoms with Gasteiger partial charge in [-0.15, -0.1) is 0 Å². The molecule has 146 valence electrons. The van der Waals surface area contributed by atoms with Crippen LogP contribution in [0.4, 0.5) is 16.3 Å². The van der Waals surface area contributed by atoms with Gasteiger partial charge in [-0.3, -0.25) is 0 Å². The van der Waals surface area contributed by atoms with Gasteiger partial charge in [0.05, 0.1) is 10.6 Å². The third kappa shape index (κ3) is 5.76. The number of rotatable bonds is 4. The fraction of sp³-hybridized carbons (Fsp3) is 0.647. The molecule has 26 heavy (non-hydrogen) atoms. The van der Waals surface area contributed by atoms with E-state index in [1.165, 1.54) is 12.3 Å². The molecule has 0 atom stereocenters. The number of amides is 1. The fourth-order valence-corrected chi connectivity index (χ4v) is 3.40. The van der Waals surface area contributed by atoms with Crippen molar-refractivity contribution in [3.05, 3.63) is 12.3 Å². The molecule has 1 saturated heterocycles. The van der Waals surface area contributed by atoms with Crippen LogP contribution in [-0.2, 0) is 14.6 Å². The van der Waals surface area contributed by atoms with Crippen molar-refractivity contribution in [1.29, 1.82) is 0 Å². The van der Waals surface area contributed by atoms with E-state index in [2.05, 4.69) is 10.3 Å². The number of pyridine rings is 1. The Kier molecular flexibility index (Phi) is 6.00. The Morgan fingerprint density at radius 1 is 1.38 bits per heavy atom. The normalized spacial score (nSPS) is 16.4. The molecular formula is C17H28N4O4S. The van der Waals surface area contributed by atoms with E-state index in [0.29, 0.717) is 24.0 Å². The summed E-state index contributed by atoms with van der Waals surface area (Å²) in [4.78, 5) is 18.1. The van der Waals surface area contributed by atoms with Gasteiger partial charge in [0.2, 0.25) is 0 Å². The van der Waals surface area contributed by atoms with Gasteiger partial charge in [-0.2, -0.15) is 0 Å². The topological polar surface area (TPSA) is 115 Å². The number of nitrogen functional groups attached to an aromatic ring is 1. The molecule has 0 aromatic carbocycles. The lowest BCUT2D eigenvalue weighted by Gasteiger charge is -2.33. The van der Waals surface area contributed by atoms with Gasteiger partial charge in [0.15, 0.2) is 15.7 Å². The largest absolute Gasteiger partial charge is 0.444 e. The van der Waals surface area contributed by atoms with Gasteiger partial charge in [-0.25, -0.2) is 18.2 Å². The summed E-state index contributed by atoms with van der Waals surface area (Å²) in [5.41, 5.74) is 5.85. The Bertz CT molecular complexity index is 751. The van der Waals surface area contributed by atoms with E-state index in [1.807, 2.05) is 25.7 Å². The van der Waals surface area contributed by atoms with Crippen molar-refractivity contribution in [2.75, 3.05) is 36.5 Å². The number of carbonyl (C=O) groups is 1. The van der Waals surface area contributed by atoms with Gasteiger partial charge >= 0.3 is 6.09 Å². The highest BCUT2D eigenvalue weighted by atomic mass is 32.2. The van der Waals surface area contributed by atoms with Crippen molar-refractivity contribution in [3.63, 3.8) is 0 Å². The predicted molar refractivity (Wildman–Crippen MR) is 101 cm³/mol. The molecule has 1 amide bonds. The highest BCUT2D eigenvalue weighted by Crippen LogP contribution is 2.27. The van der Waals surface area contributed by atoms with Crippen LogP contribution in [0, 0.1) is 5.92 Å². The first-order chi connectivity index (χ1) is 12.0. The van der Waals surface area contributed by atoms with E-state index in [0.717, 1.165) is 32.2 Å². The third-order valence-corrected chi connectivity index (χ3v) is 5.23. The van der Waals surface area contributed by atoms with Crippen molar-refractivity contribution in [1.82, 2.24) is 10.3 Å². The summed E-state index contributed by atoms with van der Waals surface area (Å²) in [6.07, 6.45) is 3.83. The number of hydrogen-bond acceptors (Lipinski definition) is 7. The van der Waals surface area contributed by atoms with Crippen molar-refractivity contribution in [2.45, 2.75) is 44.1 Å². The molecule has 1 aromatic heterocycles. The molecule has 1 aliphatic rings. The smallest absolute Gasteiger partial charge is 0.407 e. The second-order valence-electron chi connectivity index (χ2n) is 7.67. The molecule has 0 unspecified atom stereocenters. The number of nitrogens with one attached hydrogen (secondary N) is 1. The van der Waals surface area contributed by atoms with Gasteiger partial charge in [0.1, 0.15) is 5.60 Å². The third-order valence-electron chi connectivity index (χ3n) is 4.15. The molecule has 1 fully saturated rings. The maximum Gasteiger partial charge on any atom is 0.407 e. The quantitative estimate of drug-likeness (QED) is 0.813. The van der Waals surface area contributed by atoms with E-state index in [4.69, 9.17) is 10.5 Å². The van der Waals surface area contributed by atoms with E-state index in [9.17, 15) is 13.2 Å². The highest BCUT2D eigenvalue weighted by Gasteiger charge is 2.24.